The molecule has 0 spiro atoms. The molecule has 0 aliphatic carbocycles. The molecule has 0 aromatic carbocycles. The molecular weight excluding hydrogens is 233 g/mol. The van der Waals surface area contributed by atoms with Crippen LogP contribution >= 0.6 is 0 Å². The second-order valence-corrected chi connectivity index (χ2v) is 4.45. The predicted molar refractivity (Wildman–Crippen MR) is 65.3 cm³/mol. The summed E-state index contributed by atoms with van der Waals surface area (Å²) in [5, 5.41) is 11.3. The lowest BCUT2D eigenvalue weighted by atomic mass is 10.3. The number of rotatable bonds is 5. The van der Waals surface area contributed by atoms with Crippen molar-refractivity contribution in [3.63, 3.8) is 0 Å². The van der Waals surface area contributed by atoms with Crippen molar-refractivity contribution in [3.8, 4) is 0 Å². The Morgan fingerprint density at radius 3 is 2.94 bits per heavy atom. The number of nitrogens with one attached hydrogen (secondary N) is 1. The molecule has 0 radical (unpaired) electrons. The normalized spacial score (nSPS) is 11.1. The van der Waals surface area contributed by atoms with E-state index >= 15 is 0 Å². The molecule has 6 heteroatoms. The molecule has 2 aromatic rings. The third-order valence-electron chi connectivity index (χ3n) is 2.38. The third kappa shape index (κ3) is 3.59. The largest absolute Gasteiger partial charge is 0.309 e. The highest BCUT2D eigenvalue weighted by atomic mass is 19.1. The van der Waals surface area contributed by atoms with Gasteiger partial charge < -0.3 is 5.32 Å². The van der Waals surface area contributed by atoms with E-state index in [1.807, 2.05) is 6.20 Å². The topological polar surface area (TPSA) is 55.6 Å². The van der Waals surface area contributed by atoms with E-state index in [4.69, 9.17) is 0 Å². The van der Waals surface area contributed by atoms with Crippen LogP contribution in [0.1, 0.15) is 25.1 Å². The van der Waals surface area contributed by atoms with Crippen LogP contribution < -0.4 is 5.32 Å². The van der Waals surface area contributed by atoms with Crippen molar-refractivity contribution in [2.45, 2.75) is 33.0 Å². The molecule has 96 valence electrons. The first-order valence-electron chi connectivity index (χ1n) is 5.85. The van der Waals surface area contributed by atoms with Gasteiger partial charge in [-0.3, -0.25) is 4.98 Å². The average molecular weight is 249 g/mol. The second kappa shape index (κ2) is 5.68. The van der Waals surface area contributed by atoms with Crippen LogP contribution in [0.2, 0.25) is 0 Å². The predicted octanol–water partition coefficient (Wildman–Crippen LogP) is 1.36. The van der Waals surface area contributed by atoms with Gasteiger partial charge in [-0.1, -0.05) is 19.1 Å². The Balaban J connectivity index is 1.98. The fourth-order valence-electron chi connectivity index (χ4n) is 1.53. The van der Waals surface area contributed by atoms with E-state index in [9.17, 15) is 4.39 Å². The van der Waals surface area contributed by atoms with Crippen LogP contribution in [0.15, 0.2) is 24.7 Å². The summed E-state index contributed by atoms with van der Waals surface area (Å²) in [7, 11) is 0. The zero-order chi connectivity index (χ0) is 13.0. The average Bonchev–Trinajstić information content (AvgIpc) is 2.74. The number of hydrogen-bond acceptors (Lipinski definition) is 4. The Kier molecular flexibility index (Phi) is 3.99. The van der Waals surface area contributed by atoms with Gasteiger partial charge in [0.1, 0.15) is 5.82 Å². The van der Waals surface area contributed by atoms with E-state index < -0.39 is 0 Å². The Morgan fingerprint density at radius 1 is 1.39 bits per heavy atom. The van der Waals surface area contributed by atoms with Gasteiger partial charge in [0.05, 0.1) is 24.6 Å². The van der Waals surface area contributed by atoms with Crippen LogP contribution in [0, 0.1) is 5.82 Å². The van der Waals surface area contributed by atoms with Crippen molar-refractivity contribution in [1.29, 1.82) is 0 Å². The van der Waals surface area contributed by atoms with Crippen molar-refractivity contribution in [2.75, 3.05) is 0 Å². The van der Waals surface area contributed by atoms with Gasteiger partial charge in [0.2, 0.25) is 0 Å². The maximum atomic E-state index is 13.0. The summed E-state index contributed by atoms with van der Waals surface area (Å²) < 4.78 is 14.6. The minimum atomic E-state index is -0.339. The molecule has 2 aromatic heterocycles. The molecule has 0 amide bonds. The number of aromatic nitrogens is 4. The van der Waals surface area contributed by atoms with Gasteiger partial charge in [-0.25, -0.2) is 9.07 Å². The summed E-state index contributed by atoms with van der Waals surface area (Å²) in [6.07, 6.45) is 4.65. The lowest BCUT2D eigenvalue weighted by Gasteiger charge is -2.04. The molecular formula is C12H16FN5. The fraction of sp³-hybridized carbons (Fsp3) is 0.417. The van der Waals surface area contributed by atoms with E-state index in [0.29, 0.717) is 19.1 Å². The summed E-state index contributed by atoms with van der Waals surface area (Å²) in [5.41, 5.74) is 1.64. The lowest BCUT2D eigenvalue weighted by molar-refractivity contribution is 0.580. The highest BCUT2D eigenvalue weighted by Gasteiger charge is 2.03. The first kappa shape index (κ1) is 12.6. The fourth-order valence-corrected chi connectivity index (χ4v) is 1.53. The SMILES string of the molecule is CC(C)NCc1cn(Cc2cncc(F)c2)nn1. The molecule has 5 nitrogen and oxygen atoms in total. The van der Waals surface area contributed by atoms with Gasteiger partial charge in [-0.15, -0.1) is 5.10 Å². The molecule has 0 aliphatic heterocycles. The molecule has 0 saturated heterocycles. The summed E-state index contributed by atoms with van der Waals surface area (Å²) in [4.78, 5) is 3.80. The van der Waals surface area contributed by atoms with Gasteiger partial charge in [0, 0.05) is 18.8 Å². The summed E-state index contributed by atoms with van der Waals surface area (Å²) in [6.45, 7) is 5.30. The highest BCUT2D eigenvalue weighted by Crippen LogP contribution is 2.03. The van der Waals surface area contributed by atoms with Crippen molar-refractivity contribution in [1.82, 2.24) is 25.3 Å². The van der Waals surface area contributed by atoms with Crippen molar-refractivity contribution < 1.29 is 4.39 Å². The van der Waals surface area contributed by atoms with Gasteiger partial charge in [-0.2, -0.15) is 0 Å². The van der Waals surface area contributed by atoms with Crippen LogP contribution in [0.4, 0.5) is 4.39 Å². The number of pyridine rings is 1. The van der Waals surface area contributed by atoms with Gasteiger partial charge in [0.15, 0.2) is 0 Å². The van der Waals surface area contributed by atoms with Gasteiger partial charge in [0.25, 0.3) is 0 Å². The molecule has 18 heavy (non-hydrogen) atoms. The summed E-state index contributed by atoms with van der Waals surface area (Å²) in [5.74, 6) is -0.339. The number of nitrogens with zero attached hydrogens (tertiary/aromatic N) is 4. The molecule has 0 unspecified atom stereocenters. The van der Waals surface area contributed by atoms with E-state index in [1.54, 1.807) is 10.9 Å². The molecule has 0 atom stereocenters. The summed E-state index contributed by atoms with van der Waals surface area (Å²) in [6, 6.07) is 1.85. The van der Waals surface area contributed by atoms with Crippen molar-refractivity contribution in [3.05, 3.63) is 41.7 Å². The molecule has 0 saturated carbocycles. The highest BCUT2D eigenvalue weighted by molar-refractivity contribution is 5.10. The first-order chi connectivity index (χ1) is 8.63. The van der Waals surface area contributed by atoms with Crippen molar-refractivity contribution in [2.24, 2.45) is 0 Å². The smallest absolute Gasteiger partial charge is 0.141 e. The molecule has 0 fully saturated rings. The van der Waals surface area contributed by atoms with Crippen LogP contribution in [-0.4, -0.2) is 26.0 Å². The maximum absolute atomic E-state index is 13.0. The molecule has 0 bridgehead atoms. The monoisotopic (exact) mass is 249 g/mol. The van der Waals surface area contributed by atoms with Gasteiger partial charge in [-0.05, 0) is 11.6 Å². The first-order valence-corrected chi connectivity index (χ1v) is 5.85. The minimum Gasteiger partial charge on any atom is -0.309 e. The van der Waals surface area contributed by atoms with E-state index in [-0.39, 0.29) is 5.82 Å². The Labute approximate surface area is 105 Å². The van der Waals surface area contributed by atoms with Crippen molar-refractivity contribution >= 4 is 0 Å². The van der Waals surface area contributed by atoms with E-state index in [0.717, 1.165) is 11.3 Å². The maximum Gasteiger partial charge on any atom is 0.141 e. The quantitative estimate of drug-likeness (QED) is 0.869. The Bertz CT molecular complexity index is 509. The standard InChI is InChI=1S/C12H16FN5/c1-9(2)15-6-12-8-18(17-16-12)7-10-3-11(13)5-14-4-10/h3-5,8-9,15H,6-7H2,1-2H3. The Morgan fingerprint density at radius 2 is 2.22 bits per heavy atom. The van der Waals surface area contributed by atoms with Crippen LogP contribution in [-0.2, 0) is 13.1 Å². The zero-order valence-electron chi connectivity index (χ0n) is 10.5. The number of halogens is 1. The van der Waals surface area contributed by atoms with E-state index in [2.05, 4.69) is 34.5 Å². The second-order valence-electron chi connectivity index (χ2n) is 4.45. The van der Waals surface area contributed by atoms with Crippen LogP contribution in [0.5, 0.6) is 0 Å². The van der Waals surface area contributed by atoms with Crippen LogP contribution in [0.25, 0.3) is 0 Å². The Hall–Kier alpha value is -1.82. The molecule has 2 rings (SSSR count). The summed E-state index contributed by atoms with van der Waals surface area (Å²) >= 11 is 0. The van der Waals surface area contributed by atoms with Gasteiger partial charge >= 0.3 is 0 Å². The molecule has 0 aliphatic rings. The third-order valence-corrected chi connectivity index (χ3v) is 2.38. The van der Waals surface area contributed by atoms with E-state index in [1.165, 1.54) is 12.3 Å². The minimum absolute atomic E-state index is 0.339. The number of hydrogen-bond donors (Lipinski definition) is 1. The van der Waals surface area contributed by atoms with Crippen LogP contribution in [0.3, 0.4) is 0 Å². The molecule has 2 heterocycles. The lowest BCUT2D eigenvalue weighted by Crippen LogP contribution is -2.21. The molecule has 1 N–H and O–H groups in total. The zero-order valence-corrected chi connectivity index (χ0v) is 10.5.